The Morgan fingerprint density at radius 1 is 1.39 bits per heavy atom. The van der Waals surface area contributed by atoms with E-state index < -0.39 is 0 Å². The van der Waals surface area contributed by atoms with Crippen molar-refractivity contribution in [2.45, 2.75) is 33.4 Å². The van der Waals surface area contributed by atoms with Crippen LogP contribution in [0.5, 0.6) is 0 Å². The van der Waals surface area contributed by atoms with Crippen LogP contribution in [0.3, 0.4) is 0 Å². The van der Waals surface area contributed by atoms with Crippen molar-refractivity contribution in [2.75, 3.05) is 0 Å². The van der Waals surface area contributed by atoms with Crippen LogP contribution in [-0.4, -0.2) is 16.0 Å². The van der Waals surface area contributed by atoms with Crippen molar-refractivity contribution in [2.24, 2.45) is 0 Å². The van der Waals surface area contributed by atoms with Gasteiger partial charge in [0, 0.05) is 30.0 Å². The van der Waals surface area contributed by atoms with E-state index in [4.69, 9.17) is 0 Å². The summed E-state index contributed by atoms with van der Waals surface area (Å²) in [6, 6.07) is 5.44. The van der Waals surface area contributed by atoms with Crippen LogP contribution in [0.15, 0.2) is 24.4 Å². The number of hydrogen-bond acceptors (Lipinski definition) is 2. The van der Waals surface area contributed by atoms with Crippen molar-refractivity contribution in [3.63, 3.8) is 0 Å². The third kappa shape index (κ3) is 2.96. The fourth-order valence-electron chi connectivity index (χ4n) is 1.70. The Hall–Kier alpha value is -1.68. The van der Waals surface area contributed by atoms with E-state index in [1.807, 2.05) is 6.20 Å². The van der Waals surface area contributed by atoms with Crippen LogP contribution >= 0.6 is 0 Å². The standard InChI is InChI=1S/C14H18FN3/c1-9(2)16-7-12-8-17-14(18-12)11-4-5-13(15)10(3)6-11/h4-6,8-9,16H,7H2,1-3H3,(H,17,18). The van der Waals surface area contributed by atoms with Crippen LogP contribution < -0.4 is 5.32 Å². The van der Waals surface area contributed by atoms with Crippen molar-refractivity contribution in [1.29, 1.82) is 0 Å². The van der Waals surface area contributed by atoms with Gasteiger partial charge in [-0.15, -0.1) is 0 Å². The summed E-state index contributed by atoms with van der Waals surface area (Å²) >= 11 is 0. The molecule has 0 saturated heterocycles. The number of nitrogens with one attached hydrogen (secondary N) is 2. The van der Waals surface area contributed by atoms with E-state index in [1.54, 1.807) is 19.1 Å². The largest absolute Gasteiger partial charge is 0.341 e. The van der Waals surface area contributed by atoms with Gasteiger partial charge in [0.15, 0.2) is 0 Å². The van der Waals surface area contributed by atoms with Crippen LogP contribution in [0, 0.1) is 12.7 Å². The molecule has 0 bridgehead atoms. The SMILES string of the molecule is Cc1cc(-c2ncc(CNC(C)C)[nH]2)ccc1F. The van der Waals surface area contributed by atoms with E-state index >= 15 is 0 Å². The summed E-state index contributed by atoms with van der Waals surface area (Å²) in [6.45, 7) is 6.70. The molecule has 0 radical (unpaired) electrons. The lowest BCUT2D eigenvalue weighted by Crippen LogP contribution is -2.21. The van der Waals surface area contributed by atoms with Crippen LogP contribution in [0.2, 0.25) is 0 Å². The number of aromatic nitrogens is 2. The first-order valence-corrected chi connectivity index (χ1v) is 6.10. The van der Waals surface area contributed by atoms with Gasteiger partial charge in [-0.25, -0.2) is 9.37 Å². The average Bonchev–Trinajstić information content (AvgIpc) is 2.79. The van der Waals surface area contributed by atoms with Gasteiger partial charge in [0.1, 0.15) is 11.6 Å². The highest BCUT2D eigenvalue weighted by molar-refractivity contribution is 5.56. The number of imidazole rings is 1. The summed E-state index contributed by atoms with van der Waals surface area (Å²) in [5.41, 5.74) is 2.57. The summed E-state index contributed by atoms with van der Waals surface area (Å²) in [5, 5.41) is 3.32. The van der Waals surface area contributed by atoms with Crippen molar-refractivity contribution < 1.29 is 4.39 Å². The van der Waals surface area contributed by atoms with Crippen molar-refractivity contribution in [3.8, 4) is 11.4 Å². The molecule has 0 aliphatic rings. The lowest BCUT2D eigenvalue weighted by atomic mass is 10.1. The molecule has 2 rings (SSSR count). The van der Waals surface area contributed by atoms with E-state index in [9.17, 15) is 4.39 Å². The topological polar surface area (TPSA) is 40.7 Å². The predicted octanol–water partition coefficient (Wildman–Crippen LogP) is 3.02. The van der Waals surface area contributed by atoms with Crippen molar-refractivity contribution in [1.82, 2.24) is 15.3 Å². The predicted molar refractivity (Wildman–Crippen MR) is 70.7 cm³/mol. The van der Waals surface area contributed by atoms with Crippen LogP contribution in [0.25, 0.3) is 11.4 Å². The highest BCUT2D eigenvalue weighted by Gasteiger charge is 2.06. The molecule has 3 nitrogen and oxygen atoms in total. The Bertz CT molecular complexity index is 532. The fourth-order valence-corrected chi connectivity index (χ4v) is 1.70. The number of halogens is 1. The van der Waals surface area contributed by atoms with Gasteiger partial charge < -0.3 is 10.3 Å². The summed E-state index contributed by atoms with van der Waals surface area (Å²) in [4.78, 5) is 7.55. The first-order valence-electron chi connectivity index (χ1n) is 6.10. The quantitative estimate of drug-likeness (QED) is 0.872. The van der Waals surface area contributed by atoms with E-state index in [1.165, 1.54) is 6.07 Å². The minimum Gasteiger partial charge on any atom is -0.341 e. The molecule has 96 valence electrons. The van der Waals surface area contributed by atoms with Crippen LogP contribution in [0.1, 0.15) is 25.1 Å². The van der Waals surface area contributed by atoms with Gasteiger partial charge in [0.25, 0.3) is 0 Å². The van der Waals surface area contributed by atoms with Gasteiger partial charge >= 0.3 is 0 Å². The van der Waals surface area contributed by atoms with Gasteiger partial charge in [-0.3, -0.25) is 0 Å². The summed E-state index contributed by atoms with van der Waals surface area (Å²) in [5.74, 6) is 0.589. The number of aromatic amines is 1. The molecule has 0 atom stereocenters. The molecule has 1 aromatic carbocycles. The second kappa shape index (κ2) is 5.31. The molecule has 0 aliphatic heterocycles. The maximum Gasteiger partial charge on any atom is 0.137 e. The molecule has 18 heavy (non-hydrogen) atoms. The second-order valence-corrected chi connectivity index (χ2v) is 4.76. The lowest BCUT2D eigenvalue weighted by molar-refractivity contribution is 0.583. The smallest absolute Gasteiger partial charge is 0.137 e. The van der Waals surface area contributed by atoms with Crippen molar-refractivity contribution >= 4 is 0 Å². The molecule has 0 amide bonds. The minimum atomic E-state index is -0.188. The molecule has 0 fully saturated rings. The van der Waals surface area contributed by atoms with Gasteiger partial charge in [-0.2, -0.15) is 0 Å². The number of H-pyrrole nitrogens is 1. The number of rotatable bonds is 4. The minimum absolute atomic E-state index is 0.188. The maximum atomic E-state index is 13.2. The number of aryl methyl sites for hydroxylation is 1. The monoisotopic (exact) mass is 247 g/mol. The van der Waals surface area contributed by atoms with Gasteiger partial charge in [-0.1, -0.05) is 13.8 Å². The van der Waals surface area contributed by atoms with E-state index in [-0.39, 0.29) is 5.82 Å². The normalized spacial score (nSPS) is 11.2. The molecule has 2 N–H and O–H groups in total. The third-order valence-corrected chi connectivity index (χ3v) is 2.76. The third-order valence-electron chi connectivity index (χ3n) is 2.76. The first-order chi connectivity index (χ1) is 8.56. The fraction of sp³-hybridized carbons (Fsp3) is 0.357. The lowest BCUT2D eigenvalue weighted by Gasteiger charge is -2.05. The molecule has 4 heteroatoms. The van der Waals surface area contributed by atoms with Crippen molar-refractivity contribution in [3.05, 3.63) is 41.5 Å². The van der Waals surface area contributed by atoms with E-state index in [0.29, 0.717) is 11.6 Å². The molecular formula is C14H18FN3. The van der Waals surface area contributed by atoms with Crippen LogP contribution in [-0.2, 0) is 6.54 Å². The Balaban J connectivity index is 2.16. The van der Waals surface area contributed by atoms with E-state index in [0.717, 1.165) is 23.6 Å². The molecule has 2 aromatic rings. The first kappa shape index (κ1) is 12.8. The molecule has 1 aromatic heterocycles. The Labute approximate surface area is 106 Å². The summed E-state index contributed by atoms with van der Waals surface area (Å²) in [7, 11) is 0. The molecule has 1 heterocycles. The molecular weight excluding hydrogens is 229 g/mol. The second-order valence-electron chi connectivity index (χ2n) is 4.76. The number of benzene rings is 1. The Kier molecular flexibility index (Phi) is 3.77. The molecule has 0 aliphatic carbocycles. The average molecular weight is 247 g/mol. The molecule has 0 unspecified atom stereocenters. The number of nitrogens with zero attached hydrogens (tertiary/aromatic N) is 1. The molecule has 0 spiro atoms. The highest BCUT2D eigenvalue weighted by Crippen LogP contribution is 2.18. The Morgan fingerprint density at radius 2 is 2.17 bits per heavy atom. The van der Waals surface area contributed by atoms with Gasteiger partial charge in [0.2, 0.25) is 0 Å². The van der Waals surface area contributed by atoms with E-state index in [2.05, 4.69) is 29.1 Å². The number of hydrogen-bond donors (Lipinski definition) is 2. The van der Waals surface area contributed by atoms with Gasteiger partial charge in [0.05, 0.1) is 0 Å². The maximum absolute atomic E-state index is 13.2. The van der Waals surface area contributed by atoms with Crippen LogP contribution in [0.4, 0.5) is 4.39 Å². The summed E-state index contributed by atoms with van der Waals surface area (Å²) in [6.07, 6.45) is 1.81. The Morgan fingerprint density at radius 3 is 2.83 bits per heavy atom. The summed E-state index contributed by atoms with van der Waals surface area (Å²) < 4.78 is 13.2. The zero-order chi connectivity index (χ0) is 13.1. The van der Waals surface area contributed by atoms with Gasteiger partial charge in [-0.05, 0) is 30.7 Å². The highest BCUT2D eigenvalue weighted by atomic mass is 19.1. The molecule has 0 saturated carbocycles. The zero-order valence-electron chi connectivity index (χ0n) is 10.9. The zero-order valence-corrected chi connectivity index (χ0v) is 10.9.